The molecule has 0 spiro atoms. The molecule has 1 aliphatic carbocycles. The summed E-state index contributed by atoms with van der Waals surface area (Å²) in [5.74, 6) is 0.311. The molecule has 0 aromatic heterocycles. The predicted molar refractivity (Wildman–Crippen MR) is 83.0 cm³/mol. The molecule has 2 aliphatic rings. The Bertz CT molecular complexity index is 506. The van der Waals surface area contributed by atoms with E-state index in [1.165, 1.54) is 17.5 Å². The van der Waals surface area contributed by atoms with E-state index in [0.29, 0.717) is 25.4 Å². The van der Waals surface area contributed by atoms with Crippen molar-refractivity contribution < 1.29 is 9.53 Å². The van der Waals surface area contributed by atoms with Crippen molar-refractivity contribution in [2.24, 2.45) is 11.1 Å². The van der Waals surface area contributed by atoms with Gasteiger partial charge in [-0.15, -0.1) is 0 Å². The Morgan fingerprint density at radius 3 is 2.76 bits per heavy atom. The van der Waals surface area contributed by atoms with Crippen LogP contribution in [0.4, 0.5) is 0 Å². The van der Waals surface area contributed by atoms with Crippen molar-refractivity contribution >= 4 is 5.78 Å². The fourth-order valence-electron chi connectivity index (χ4n) is 3.86. The second-order valence-corrected chi connectivity index (χ2v) is 6.48. The van der Waals surface area contributed by atoms with Crippen LogP contribution in [0.15, 0.2) is 24.3 Å². The molecule has 1 atom stereocenters. The summed E-state index contributed by atoms with van der Waals surface area (Å²) >= 11 is 0. The van der Waals surface area contributed by atoms with E-state index >= 15 is 0 Å². The summed E-state index contributed by atoms with van der Waals surface area (Å²) in [4.78, 5) is 12.9. The molecule has 3 rings (SSSR count). The van der Waals surface area contributed by atoms with Gasteiger partial charge in [0.05, 0.1) is 12.7 Å². The lowest BCUT2D eigenvalue weighted by atomic mass is 9.69. The largest absolute Gasteiger partial charge is 0.373 e. The van der Waals surface area contributed by atoms with Crippen LogP contribution in [0.1, 0.15) is 55.8 Å². The molecule has 21 heavy (non-hydrogen) atoms. The SMILES string of the molecule is NCC1(C(=O)CC2OCCc3ccccc32)CCCCC1. The Labute approximate surface area is 126 Å². The van der Waals surface area contributed by atoms with Crippen LogP contribution in [0.2, 0.25) is 0 Å². The van der Waals surface area contributed by atoms with Crippen LogP contribution in [0, 0.1) is 5.41 Å². The number of carbonyl (C=O) groups excluding carboxylic acids is 1. The van der Waals surface area contributed by atoms with Crippen molar-refractivity contribution in [2.75, 3.05) is 13.2 Å². The number of nitrogens with two attached hydrogens (primary N) is 1. The van der Waals surface area contributed by atoms with E-state index < -0.39 is 0 Å². The molecule has 1 aliphatic heterocycles. The minimum Gasteiger partial charge on any atom is -0.373 e. The lowest BCUT2D eigenvalue weighted by Gasteiger charge is -2.36. The minimum absolute atomic E-state index is 0.0761. The number of rotatable bonds is 4. The maximum atomic E-state index is 12.9. The quantitative estimate of drug-likeness (QED) is 0.925. The third-order valence-electron chi connectivity index (χ3n) is 5.26. The van der Waals surface area contributed by atoms with Crippen molar-refractivity contribution in [3.05, 3.63) is 35.4 Å². The number of fused-ring (bicyclic) bond motifs is 1. The van der Waals surface area contributed by atoms with Crippen LogP contribution in [-0.4, -0.2) is 18.9 Å². The highest BCUT2D eigenvalue weighted by molar-refractivity contribution is 5.85. The highest BCUT2D eigenvalue weighted by Crippen LogP contribution is 2.40. The van der Waals surface area contributed by atoms with Crippen LogP contribution < -0.4 is 5.73 Å². The molecule has 1 aromatic carbocycles. The number of ether oxygens (including phenoxy) is 1. The summed E-state index contributed by atoms with van der Waals surface area (Å²) in [5.41, 5.74) is 8.21. The maximum absolute atomic E-state index is 12.9. The van der Waals surface area contributed by atoms with E-state index in [1.807, 2.05) is 6.07 Å². The van der Waals surface area contributed by atoms with Crippen LogP contribution in [0.5, 0.6) is 0 Å². The highest BCUT2D eigenvalue weighted by atomic mass is 16.5. The average Bonchev–Trinajstić information content (AvgIpc) is 2.56. The van der Waals surface area contributed by atoms with Crippen molar-refractivity contribution in [1.82, 2.24) is 0 Å². The van der Waals surface area contributed by atoms with Gasteiger partial charge in [0.1, 0.15) is 5.78 Å². The zero-order valence-electron chi connectivity index (χ0n) is 12.6. The first-order valence-electron chi connectivity index (χ1n) is 8.18. The molecule has 0 bridgehead atoms. The van der Waals surface area contributed by atoms with Gasteiger partial charge >= 0.3 is 0 Å². The predicted octanol–water partition coefficient (Wildman–Crippen LogP) is 3.17. The summed E-state index contributed by atoms with van der Waals surface area (Å²) in [6, 6.07) is 8.34. The second-order valence-electron chi connectivity index (χ2n) is 6.48. The summed E-state index contributed by atoms with van der Waals surface area (Å²) in [5, 5.41) is 0. The van der Waals surface area contributed by atoms with E-state index in [0.717, 1.165) is 32.1 Å². The van der Waals surface area contributed by atoms with Gasteiger partial charge in [-0.05, 0) is 30.4 Å². The van der Waals surface area contributed by atoms with Crippen LogP contribution in [0.25, 0.3) is 0 Å². The topological polar surface area (TPSA) is 52.3 Å². The number of carbonyl (C=O) groups is 1. The van der Waals surface area contributed by atoms with Gasteiger partial charge < -0.3 is 10.5 Å². The van der Waals surface area contributed by atoms with Crippen LogP contribution in [-0.2, 0) is 16.0 Å². The lowest BCUT2D eigenvalue weighted by molar-refractivity contribution is -0.133. The second kappa shape index (κ2) is 6.29. The van der Waals surface area contributed by atoms with Gasteiger partial charge in [0.2, 0.25) is 0 Å². The van der Waals surface area contributed by atoms with Crippen molar-refractivity contribution in [3.63, 3.8) is 0 Å². The third-order valence-corrected chi connectivity index (χ3v) is 5.26. The van der Waals surface area contributed by atoms with Gasteiger partial charge in [-0.1, -0.05) is 43.5 Å². The number of hydrogen-bond acceptors (Lipinski definition) is 3. The van der Waals surface area contributed by atoms with Crippen molar-refractivity contribution in [3.8, 4) is 0 Å². The fourth-order valence-corrected chi connectivity index (χ4v) is 3.86. The number of Topliss-reactive ketones (excluding diaryl/α,β-unsaturated/α-hetero) is 1. The van der Waals surface area contributed by atoms with E-state index in [4.69, 9.17) is 10.5 Å². The monoisotopic (exact) mass is 287 g/mol. The molecule has 3 nitrogen and oxygen atoms in total. The molecule has 1 aromatic rings. The molecule has 1 saturated carbocycles. The van der Waals surface area contributed by atoms with E-state index in [-0.39, 0.29) is 11.5 Å². The molecule has 1 unspecified atom stereocenters. The van der Waals surface area contributed by atoms with Gasteiger partial charge in [0.15, 0.2) is 0 Å². The van der Waals surface area contributed by atoms with Gasteiger partial charge in [-0.3, -0.25) is 4.79 Å². The molecule has 2 N–H and O–H groups in total. The molecule has 0 saturated heterocycles. The van der Waals surface area contributed by atoms with Gasteiger partial charge in [-0.25, -0.2) is 0 Å². The smallest absolute Gasteiger partial charge is 0.143 e. The van der Waals surface area contributed by atoms with E-state index in [9.17, 15) is 4.79 Å². The molecule has 3 heteroatoms. The average molecular weight is 287 g/mol. The zero-order valence-corrected chi connectivity index (χ0v) is 12.6. The molecular formula is C18H25NO2. The molecule has 1 heterocycles. The summed E-state index contributed by atoms with van der Waals surface area (Å²) in [7, 11) is 0. The number of hydrogen-bond donors (Lipinski definition) is 1. The van der Waals surface area contributed by atoms with E-state index in [1.54, 1.807) is 0 Å². The molecule has 1 fully saturated rings. The summed E-state index contributed by atoms with van der Waals surface area (Å²) < 4.78 is 5.89. The Kier molecular flexibility index (Phi) is 4.41. The standard InChI is InChI=1S/C18H25NO2/c19-13-18(9-4-1-5-10-18)17(20)12-16-15-7-3-2-6-14(15)8-11-21-16/h2-3,6-7,16H,1,4-5,8-13,19H2. The molecule has 114 valence electrons. The van der Waals surface area contributed by atoms with Crippen LogP contribution in [0.3, 0.4) is 0 Å². The van der Waals surface area contributed by atoms with Crippen LogP contribution >= 0.6 is 0 Å². The summed E-state index contributed by atoms with van der Waals surface area (Å²) in [6.07, 6.45) is 6.76. The van der Waals surface area contributed by atoms with E-state index in [2.05, 4.69) is 18.2 Å². The molecule has 0 amide bonds. The van der Waals surface area contributed by atoms with Gasteiger partial charge in [-0.2, -0.15) is 0 Å². The Morgan fingerprint density at radius 1 is 1.24 bits per heavy atom. The first-order valence-corrected chi connectivity index (χ1v) is 8.18. The van der Waals surface area contributed by atoms with Gasteiger partial charge in [0, 0.05) is 18.4 Å². The highest BCUT2D eigenvalue weighted by Gasteiger charge is 2.39. The third kappa shape index (κ3) is 2.90. The number of benzene rings is 1. The minimum atomic E-state index is -0.284. The lowest BCUT2D eigenvalue weighted by Crippen LogP contribution is -2.41. The van der Waals surface area contributed by atoms with Crippen molar-refractivity contribution in [2.45, 2.75) is 51.0 Å². The molecule has 0 radical (unpaired) electrons. The maximum Gasteiger partial charge on any atom is 0.143 e. The normalized spacial score (nSPS) is 24.3. The Hall–Kier alpha value is -1.19. The zero-order chi connectivity index (χ0) is 14.7. The Morgan fingerprint density at radius 2 is 2.00 bits per heavy atom. The number of ketones is 1. The van der Waals surface area contributed by atoms with Gasteiger partial charge in [0.25, 0.3) is 0 Å². The van der Waals surface area contributed by atoms with Crippen molar-refractivity contribution in [1.29, 1.82) is 0 Å². The molecular weight excluding hydrogens is 262 g/mol. The summed E-state index contributed by atoms with van der Waals surface area (Å²) in [6.45, 7) is 1.20. The first kappa shape index (κ1) is 14.7. The first-order chi connectivity index (χ1) is 10.2. The Balaban J connectivity index is 1.76. The fraction of sp³-hybridized carbons (Fsp3) is 0.611.